The van der Waals surface area contributed by atoms with Gasteiger partial charge in [-0.2, -0.15) is 0 Å². The van der Waals surface area contributed by atoms with Gasteiger partial charge < -0.3 is 0 Å². The van der Waals surface area contributed by atoms with Gasteiger partial charge in [-0.25, -0.2) is 0 Å². The van der Waals surface area contributed by atoms with Gasteiger partial charge in [0, 0.05) is 0 Å². The summed E-state index contributed by atoms with van der Waals surface area (Å²) in [5, 5.41) is 0. The first-order valence-electron chi connectivity index (χ1n) is 0. The summed E-state index contributed by atoms with van der Waals surface area (Å²) < 4.78 is 0. The van der Waals surface area contributed by atoms with E-state index in [1.54, 1.807) is 0 Å². The first-order valence-corrected chi connectivity index (χ1v) is 0. The third-order valence-corrected chi connectivity index (χ3v) is 0. The molecule has 0 aliphatic rings. The Hall–Kier alpha value is 1.06. The summed E-state index contributed by atoms with van der Waals surface area (Å²) >= 11 is 0. The zero-order chi connectivity index (χ0) is 0. The SMILES string of the molecule is [BH4-].[BH4-].[BH4-].[Sc+3]. The maximum Gasteiger partial charge on any atom is 3.00 e. The summed E-state index contributed by atoms with van der Waals surface area (Å²) in [4.78, 5) is 0. The molecule has 0 rings (SSSR count). The van der Waals surface area contributed by atoms with Crippen LogP contribution in [-0.4, -0.2) is 25.2 Å². The summed E-state index contributed by atoms with van der Waals surface area (Å²) in [5.74, 6) is 0. The molecule has 0 nitrogen and oxygen atoms in total. The summed E-state index contributed by atoms with van der Waals surface area (Å²) in [6.07, 6.45) is 0. The van der Waals surface area contributed by atoms with Crippen LogP contribution >= 0.6 is 0 Å². The maximum absolute atomic E-state index is 0. The Morgan fingerprint density at radius 3 is 0.500 bits per heavy atom. The second kappa shape index (κ2) is 33.7. The molecule has 0 unspecified atom stereocenters. The standard InChI is InChI=1S/3BH4.Sc/h3*1H4;/q3*-1;+3. The van der Waals surface area contributed by atoms with Crippen LogP contribution in [-0.2, 0) is 25.8 Å². The number of hydrogen-bond acceptors (Lipinski definition) is 0. The van der Waals surface area contributed by atoms with Crippen LogP contribution in [0.1, 0.15) is 0 Å². The van der Waals surface area contributed by atoms with Crippen molar-refractivity contribution in [1.82, 2.24) is 0 Å². The van der Waals surface area contributed by atoms with Crippen molar-refractivity contribution in [2.24, 2.45) is 0 Å². The van der Waals surface area contributed by atoms with Gasteiger partial charge in [0.05, 0.1) is 0 Å². The van der Waals surface area contributed by atoms with E-state index in [1.807, 2.05) is 0 Å². The molecule has 0 atom stereocenters. The molecule has 0 aliphatic heterocycles. The predicted octanol–water partition coefficient (Wildman–Crippen LogP) is -4.36. The van der Waals surface area contributed by atoms with Gasteiger partial charge in [-0.05, 0) is 0 Å². The molecule has 24 valence electrons. The normalized spacial score (nSPS) is 0. The van der Waals surface area contributed by atoms with E-state index in [0.717, 1.165) is 0 Å². The van der Waals surface area contributed by atoms with Crippen molar-refractivity contribution in [2.75, 3.05) is 0 Å². The fourth-order valence-corrected chi connectivity index (χ4v) is 0. The molecule has 0 N–H and O–H groups in total. The molecule has 0 bridgehead atoms. The van der Waals surface area contributed by atoms with Crippen LogP contribution in [0.5, 0.6) is 0 Å². The molecule has 0 saturated heterocycles. The molecule has 0 spiro atoms. The Morgan fingerprint density at radius 2 is 0.500 bits per heavy atom. The van der Waals surface area contributed by atoms with E-state index in [2.05, 4.69) is 0 Å². The molecule has 0 aromatic carbocycles. The van der Waals surface area contributed by atoms with Crippen molar-refractivity contribution in [3.63, 3.8) is 0 Å². The van der Waals surface area contributed by atoms with E-state index < -0.39 is 0 Å². The van der Waals surface area contributed by atoms with E-state index in [0.29, 0.717) is 0 Å². The van der Waals surface area contributed by atoms with Crippen molar-refractivity contribution in [3.8, 4) is 0 Å². The first kappa shape index (κ1) is 73.8. The summed E-state index contributed by atoms with van der Waals surface area (Å²) in [7, 11) is 0. The molecule has 4 heavy (non-hydrogen) atoms. The van der Waals surface area contributed by atoms with Crippen LogP contribution in [0, 0.1) is 0 Å². The van der Waals surface area contributed by atoms with Gasteiger partial charge >= 0.3 is 25.8 Å². The van der Waals surface area contributed by atoms with Gasteiger partial charge in [0.25, 0.3) is 0 Å². The van der Waals surface area contributed by atoms with E-state index >= 15 is 0 Å². The molecule has 0 saturated carbocycles. The zero-order valence-electron chi connectivity index (χ0n) is 0.577. The van der Waals surface area contributed by atoms with Gasteiger partial charge in [0.2, 0.25) is 0 Å². The number of hydrogen-bond donors (Lipinski definition) is 0. The van der Waals surface area contributed by atoms with E-state index in [1.165, 1.54) is 0 Å². The molecule has 0 aromatic rings. The van der Waals surface area contributed by atoms with Crippen molar-refractivity contribution in [1.29, 1.82) is 0 Å². The van der Waals surface area contributed by atoms with Crippen LogP contribution in [0.15, 0.2) is 0 Å². The van der Waals surface area contributed by atoms with Gasteiger partial charge in [0.1, 0.15) is 0 Å². The predicted molar refractivity (Wildman–Crippen MR) is 34.0 cm³/mol. The Morgan fingerprint density at radius 1 is 0.500 bits per heavy atom. The second-order valence-electron chi connectivity index (χ2n) is 0. The molecule has 0 aliphatic carbocycles. The van der Waals surface area contributed by atoms with Gasteiger partial charge in [-0.3, -0.25) is 0 Å². The van der Waals surface area contributed by atoms with Crippen LogP contribution in [0.3, 0.4) is 0 Å². The van der Waals surface area contributed by atoms with Crippen molar-refractivity contribution >= 4 is 25.2 Å². The summed E-state index contributed by atoms with van der Waals surface area (Å²) in [6, 6.07) is 0. The molecule has 0 amide bonds. The van der Waals surface area contributed by atoms with Crippen LogP contribution in [0.25, 0.3) is 0 Å². The minimum atomic E-state index is 0. The third kappa shape index (κ3) is 11.5. The Bertz CT molecular complexity index is 3.25. The Labute approximate surface area is 51.2 Å². The average Bonchev–Trinajstić information content (AvgIpc) is 0. The molecular weight excluding hydrogens is 77.4 g/mol. The topological polar surface area (TPSA) is 0 Å². The smallest absolute Gasteiger partial charge is 0.0626 e. The summed E-state index contributed by atoms with van der Waals surface area (Å²) in [5.41, 5.74) is 0. The quantitative estimate of drug-likeness (QED) is 0.263. The first-order chi connectivity index (χ1) is 0. The molecule has 0 aromatic heterocycles. The van der Waals surface area contributed by atoms with Crippen LogP contribution in [0.4, 0.5) is 0 Å². The monoisotopic (exact) mass is 90.1 g/mol. The molecule has 0 radical (unpaired) electrons. The van der Waals surface area contributed by atoms with E-state index in [4.69, 9.17) is 0 Å². The minimum Gasteiger partial charge on any atom is -0.0626 e. The Kier molecular flexibility index (Phi) is 621. The third-order valence-electron chi connectivity index (χ3n) is 0. The summed E-state index contributed by atoms with van der Waals surface area (Å²) in [6.45, 7) is 0. The van der Waals surface area contributed by atoms with E-state index in [-0.39, 0.29) is 51.1 Å². The Balaban J connectivity index is 0. The van der Waals surface area contributed by atoms with Gasteiger partial charge in [0.15, 0.2) is 0 Å². The molecular formula is H12B3Sc. The number of rotatable bonds is 0. The molecule has 4 heteroatoms. The van der Waals surface area contributed by atoms with Crippen molar-refractivity contribution in [2.45, 2.75) is 0 Å². The van der Waals surface area contributed by atoms with Crippen molar-refractivity contribution < 1.29 is 25.8 Å². The maximum atomic E-state index is 0. The average molecular weight is 89.5 g/mol. The molecule has 0 heterocycles. The van der Waals surface area contributed by atoms with Gasteiger partial charge in [-0.1, -0.05) is 25.2 Å². The van der Waals surface area contributed by atoms with Crippen LogP contribution in [0.2, 0.25) is 0 Å². The minimum absolute atomic E-state index is 0. The zero-order valence-corrected chi connectivity index (χ0v) is 2.38. The second-order valence-corrected chi connectivity index (χ2v) is 0. The van der Waals surface area contributed by atoms with E-state index in [9.17, 15) is 0 Å². The van der Waals surface area contributed by atoms with Crippen molar-refractivity contribution in [3.05, 3.63) is 0 Å². The van der Waals surface area contributed by atoms with Crippen LogP contribution < -0.4 is 0 Å². The van der Waals surface area contributed by atoms with Gasteiger partial charge in [-0.15, -0.1) is 0 Å². The largest absolute Gasteiger partial charge is 3.00 e. The molecule has 0 fully saturated rings. The fraction of sp³-hybridized carbons (Fsp3) is 0. The fourth-order valence-electron chi connectivity index (χ4n) is 0.